The molecule has 2 amide bonds. The molecule has 9 nitrogen and oxygen atoms in total. The number of halogens is 1. The molecule has 0 saturated carbocycles. The zero-order valence-corrected chi connectivity index (χ0v) is 18.9. The predicted molar refractivity (Wildman–Crippen MR) is 126 cm³/mol. The second kappa shape index (κ2) is 11.9. The molecule has 0 bridgehead atoms. The molecular weight excluding hydrogens is 457 g/mol. The van der Waals surface area contributed by atoms with Crippen LogP contribution in [-0.4, -0.2) is 37.7 Å². The Hall–Kier alpha value is -4.73. The van der Waals surface area contributed by atoms with Crippen LogP contribution in [0.5, 0.6) is 17.2 Å². The van der Waals surface area contributed by atoms with E-state index in [0.717, 1.165) is 12.1 Å². The first-order valence-corrected chi connectivity index (χ1v) is 10.4. The smallest absolute Gasteiger partial charge is 0.343 e. The number of hydrazone groups is 1. The molecule has 3 aromatic rings. The summed E-state index contributed by atoms with van der Waals surface area (Å²) in [6.07, 6.45) is 1.29. The lowest BCUT2D eigenvalue weighted by atomic mass is 10.2. The molecule has 0 aliphatic heterocycles. The molecule has 0 spiro atoms. The van der Waals surface area contributed by atoms with Crippen molar-refractivity contribution < 1.29 is 33.0 Å². The van der Waals surface area contributed by atoms with Gasteiger partial charge in [0, 0.05) is 5.69 Å². The molecule has 0 atom stereocenters. The van der Waals surface area contributed by atoms with Gasteiger partial charge in [0.15, 0.2) is 11.5 Å². The summed E-state index contributed by atoms with van der Waals surface area (Å²) in [7, 11) is 1.53. The maximum absolute atomic E-state index is 12.9. The maximum Gasteiger partial charge on any atom is 0.343 e. The van der Waals surface area contributed by atoms with Crippen LogP contribution in [0.25, 0.3) is 0 Å². The van der Waals surface area contributed by atoms with Crippen LogP contribution in [0.15, 0.2) is 71.8 Å². The second-order valence-electron chi connectivity index (χ2n) is 6.92. The van der Waals surface area contributed by atoms with Crippen molar-refractivity contribution >= 4 is 29.7 Å². The molecule has 180 valence electrons. The highest BCUT2D eigenvalue weighted by molar-refractivity contribution is 6.39. The van der Waals surface area contributed by atoms with Gasteiger partial charge in [-0.25, -0.2) is 14.6 Å². The number of methoxy groups -OCH3 is 1. The first kappa shape index (κ1) is 24.9. The average Bonchev–Trinajstić information content (AvgIpc) is 2.87. The summed E-state index contributed by atoms with van der Waals surface area (Å²) < 4.78 is 29.0. The highest BCUT2D eigenvalue weighted by Gasteiger charge is 2.15. The SMILES string of the molecule is CCOc1cc(/C=N/NC(=O)C(=O)Nc2ccc(F)cc2)ccc1OC(=O)c1ccc(OC)cc1. The number of rotatable bonds is 8. The van der Waals surface area contributed by atoms with E-state index in [2.05, 4.69) is 15.8 Å². The van der Waals surface area contributed by atoms with Crippen LogP contribution < -0.4 is 25.0 Å². The fourth-order valence-corrected chi connectivity index (χ4v) is 2.78. The van der Waals surface area contributed by atoms with Crippen molar-refractivity contribution in [1.82, 2.24) is 5.43 Å². The summed E-state index contributed by atoms with van der Waals surface area (Å²) in [5.74, 6) is -1.92. The number of amides is 2. The standard InChI is InChI=1S/C25H22FN3O6/c1-3-34-22-14-16(4-13-21(22)35-25(32)17-5-11-20(33-2)12-6-17)15-27-29-24(31)23(30)28-19-9-7-18(26)8-10-19/h4-15H,3H2,1-2H3,(H,28,30)(H,29,31)/b27-15+. The summed E-state index contributed by atoms with van der Waals surface area (Å²) in [5.41, 5.74) is 3.21. The predicted octanol–water partition coefficient (Wildman–Crippen LogP) is 3.54. The van der Waals surface area contributed by atoms with Crippen LogP contribution in [-0.2, 0) is 9.59 Å². The molecule has 0 radical (unpaired) electrons. The number of anilines is 1. The normalized spacial score (nSPS) is 10.5. The van der Waals surface area contributed by atoms with Crippen molar-refractivity contribution in [2.45, 2.75) is 6.92 Å². The molecule has 3 rings (SSSR count). The van der Waals surface area contributed by atoms with Crippen LogP contribution in [0.4, 0.5) is 10.1 Å². The first-order chi connectivity index (χ1) is 16.9. The van der Waals surface area contributed by atoms with Crippen molar-refractivity contribution in [3.05, 3.63) is 83.7 Å². The summed E-state index contributed by atoms with van der Waals surface area (Å²) in [6, 6.07) is 16.1. The van der Waals surface area contributed by atoms with Crippen molar-refractivity contribution in [2.75, 3.05) is 19.0 Å². The molecular formula is C25H22FN3O6. The number of hydrogen-bond acceptors (Lipinski definition) is 7. The minimum Gasteiger partial charge on any atom is -0.497 e. The molecule has 0 heterocycles. The zero-order chi connectivity index (χ0) is 25.2. The highest BCUT2D eigenvalue weighted by Crippen LogP contribution is 2.29. The molecule has 0 saturated heterocycles. The Labute approximate surface area is 200 Å². The van der Waals surface area contributed by atoms with E-state index in [4.69, 9.17) is 14.2 Å². The van der Waals surface area contributed by atoms with Crippen molar-refractivity contribution in [3.63, 3.8) is 0 Å². The van der Waals surface area contributed by atoms with Gasteiger partial charge in [-0.1, -0.05) is 0 Å². The van der Waals surface area contributed by atoms with E-state index in [1.54, 1.807) is 43.3 Å². The molecule has 35 heavy (non-hydrogen) atoms. The average molecular weight is 479 g/mol. The lowest BCUT2D eigenvalue weighted by Crippen LogP contribution is -2.32. The van der Waals surface area contributed by atoms with Gasteiger partial charge in [-0.05, 0) is 79.2 Å². The lowest BCUT2D eigenvalue weighted by molar-refractivity contribution is -0.136. The van der Waals surface area contributed by atoms with E-state index in [1.807, 2.05) is 0 Å². The largest absolute Gasteiger partial charge is 0.497 e. The van der Waals surface area contributed by atoms with Crippen LogP contribution in [0.2, 0.25) is 0 Å². The first-order valence-electron chi connectivity index (χ1n) is 10.4. The molecule has 10 heteroatoms. The number of benzene rings is 3. The van der Waals surface area contributed by atoms with E-state index < -0.39 is 23.6 Å². The number of nitrogens with zero attached hydrogens (tertiary/aromatic N) is 1. The third-order valence-corrected chi connectivity index (χ3v) is 4.48. The molecule has 0 unspecified atom stereocenters. The van der Waals surface area contributed by atoms with E-state index in [0.29, 0.717) is 29.2 Å². The molecule has 0 aromatic heterocycles. The highest BCUT2D eigenvalue weighted by atomic mass is 19.1. The maximum atomic E-state index is 12.9. The van der Waals surface area contributed by atoms with Gasteiger partial charge in [0.25, 0.3) is 0 Å². The van der Waals surface area contributed by atoms with Crippen molar-refractivity contribution in [3.8, 4) is 17.2 Å². The van der Waals surface area contributed by atoms with Gasteiger partial charge in [0.2, 0.25) is 0 Å². The monoisotopic (exact) mass is 479 g/mol. The number of carbonyl (C=O) groups excluding carboxylic acids is 3. The van der Waals surface area contributed by atoms with Crippen LogP contribution in [0, 0.1) is 5.82 Å². The summed E-state index contributed by atoms with van der Waals surface area (Å²) >= 11 is 0. The van der Waals surface area contributed by atoms with Gasteiger partial charge >= 0.3 is 17.8 Å². The van der Waals surface area contributed by atoms with Crippen LogP contribution in [0.1, 0.15) is 22.8 Å². The second-order valence-corrected chi connectivity index (χ2v) is 6.92. The Morgan fingerprint density at radius 1 is 0.943 bits per heavy atom. The van der Waals surface area contributed by atoms with E-state index >= 15 is 0 Å². The Morgan fingerprint density at radius 2 is 1.66 bits per heavy atom. The fourth-order valence-electron chi connectivity index (χ4n) is 2.78. The van der Waals surface area contributed by atoms with Crippen molar-refractivity contribution in [2.24, 2.45) is 5.10 Å². The summed E-state index contributed by atoms with van der Waals surface area (Å²) in [5, 5.41) is 6.08. The summed E-state index contributed by atoms with van der Waals surface area (Å²) in [6.45, 7) is 2.09. The number of carbonyl (C=O) groups is 3. The van der Waals surface area contributed by atoms with E-state index in [-0.39, 0.29) is 11.4 Å². The topological polar surface area (TPSA) is 115 Å². The fraction of sp³-hybridized carbons (Fsp3) is 0.120. The van der Waals surface area contributed by atoms with Gasteiger partial charge in [-0.3, -0.25) is 9.59 Å². The molecule has 0 fully saturated rings. The number of nitrogens with one attached hydrogen (secondary N) is 2. The Bertz CT molecular complexity index is 1230. The number of hydrogen-bond donors (Lipinski definition) is 2. The molecule has 0 aliphatic carbocycles. The zero-order valence-electron chi connectivity index (χ0n) is 18.9. The van der Waals surface area contributed by atoms with Crippen molar-refractivity contribution in [1.29, 1.82) is 0 Å². The third kappa shape index (κ3) is 7.13. The van der Waals surface area contributed by atoms with Gasteiger partial charge < -0.3 is 19.5 Å². The van der Waals surface area contributed by atoms with Crippen LogP contribution >= 0.6 is 0 Å². The van der Waals surface area contributed by atoms with Gasteiger partial charge in [-0.15, -0.1) is 0 Å². The van der Waals surface area contributed by atoms with Gasteiger partial charge in [-0.2, -0.15) is 5.10 Å². The van der Waals surface area contributed by atoms with E-state index in [1.165, 1.54) is 31.5 Å². The van der Waals surface area contributed by atoms with E-state index in [9.17, 15) is 18.8 Å². The minimum atomic E-state index is -1.01. The summed E-state index contributed by atoms with van der Waals surface area (Å²) in [4.78, 5) is 36.3. The minimum absolute atomic E-state index is 0.201. The quantitative estimate of drug-likeness (QED) is 0.168. The Kier molecular flexibility index (Phi) is 8.49. The lowest BCUT2D eigenvalue weighted by Gasteiger charge is -2.11. The molecule has 2 N–H and O–H groups in total. The molecule has 0 aliphatic rings. The number of esters is 1. The Balaban J connectivity index is 1.62. The van der Waals surface area contributed by atoms with Gasteiger partial charge in [0.1, 0.15) is 11.6 Å². The third-order valence-electron chi connectivity index (χ3n) is 4.48. The van der Waals surface area contributed by atoms with Gasteiger partial charge in [0.05, 0.1) is 25.5 Å². The van der Waals surface area contributed by atoms with Crippen LogP contribution in [0.3, 0.4) is 0 Å². The number of ether oxygens (including phenoxy) is 3. The molecule has 3 aromatic carbocycles. The Morgan fingerprint density at radius 3 is 2.31 bits per heavy atom.